The number of nitrogens with one attached hydrogen (secondary N) is 2. The highest BCUT2D eigenvalue weighted by Crippen LogP contribution is 2.29. The van der Waals surface area contributed by atoms with Gasteiger partial charge in [-0.3, -0.25) is 0 Å². The van der Waals surface area contributed by atoms with Crippen LogP contribution in [0, 0.1) is 5.92 Å². The van der Waals surface area contributed by atoms with Crippen molar-refractivity contribution in [2.24, 2.45) is 5.92 Å². The second-order valence-electron chi connectivity index (χ2n) is 3.72. The second kappa shape index (κ2) is 4.41. The lowest BCUT2D eigenvalue weighted by Gasteiger charge is -2.23. The summed E-state index contributed by atoms with van der Waals surface area (Å²) in [6, 6.07) is 0. The lowest BCUT2D eigenvalue weighted by molar-refractivity contribution is 0.273. The van der Waals surface area contributed by atoms with Gasteiger partial charge in [0.2, 0.25) is 5.89 Å². The molecule has 14 heavy (non-hydrogen) atoms. The van der Waals surface area contributed by atoms with E-state index in [-0.39, 0.29) is 0 Å². The molecule has 0 aliphatic heterocycles. The Morgan fingerprint density at radius 2 is 2.36 bits per heavy atom. The average Bonchev–Trinajstić information content (AvgIpc) is 2.56. The van der Waals surface area contributed by atoms with Gasteiger partial charge in [0, 0.05) is 6.42 Å². The van der Waals surface area contributed by atoms with E-state index >= 15 is 0 Å². The molecular weight excluding hydrogens is 180 g/mol. The van der Waals surface area contributed by atoms with E-state index in [4.69, 9.17) is 4.52 Å². The molecule has 1 aliphatic rings. The predicted octanol–water partition coefficient (Wildman–Crippen LogP) is 1.00. The lowest BCUT2D eigenvalue weighted by atomic mass is 9.83. The van der Waals surface area contributed by atoms with Gasteiger partial charge in [-0.1, -0.05) is 6.42 Å². The number of aromatic nitrogens is 2. The van der Waals surface area contributed by atoms with E-state index in [1.54, 1.807) is 0 Å². The first-order chi connectivity index (χ1) is 6.88. The summed E-state index contributed by atoms with van der Waals surface area (Å²) in [6.45, 7) is 0.655. The van der Waals surface area contributed by atoms with Gasteiger partial charge in [0.05, 0.1) is 6.67 Å². The third-order valence-electron chi connectivity index (χ3n) is 2.58. The van der Waals surface area contributed by atoms with Gasteiger partial charge in [0.15, 0.2) is 0 Å². The number of hydrogen-bond donors (Lipinski definition) is 2. The van der Waals surface area contributed by atoms with E-state index in [2.05, 4.69) is 20.8 Å². The minimum absolute atomic E-state index is 0.577. The van der Waals surface area contributed by atoms with Gasteiger partial charge in [-0.2, -0.15) is 4.98 Å². The van der Waals surface area contributed by atoms with Crippen LogP contribution < -0.4 is 10.6 Å². The summed E-state index contributed by atoms with van der Waals surface area (Å²) in [7, 11) is 1.86. The molecule has 1 saturated carbocycles. The predicted molar refractivity (Wildman–Crippen MR) is 52.9 cm³/mol. The Morgan fingerprint density at radius 3 is 3.00 bits per heavy atom. The van der Waals surface area contributed by atoms with Crippen LogP contribution in [0.4, 0.5) is 5.95 Å². The Labute approximate surface area is 83.3 Å². The second-order valence-corrected chi connectivity index (χ2v) is 3.72. The fourth-order valence-corrected chi connectivity index (χ4v) is 1.52. The summed E-state index contributed by atoms with van der Waals surface area (Å²) in [4.78, 5) is 4.24. The molecule has 5 heteroatoms. The molecule has 0 saturated heterocycles. The standard InChI is InChI=1S/C9H16N4O/c1-10-6-11-9-12-8(14-13-9)5-7-3-2-4-7/h7,10H,2-6H2,1H3,(H,11,13). The summed E-state index contributed by atoms with van der Waals surface area (Å²) in [6.07, 6.45) is 4.90. The van der Waals surface area contributed by atoms with Gasteiger partial charge in [-0.05, 0) is 31.0 Å². The Hall–Kier alpha value is -1.10. The molecule has 0 radical (unpaired) electrons. The Morgan fingerprint density at radius 1 is 1.50 bits per heavy atom. The molecule has 1 aromatic heterocycles. The smallest absolute Gasteiger partial charge is 0.264 e. The van der Waals surface area contributed by atoms with Crippen molar-refractivity contribution >= 4 is 5.95 Å². The zero-order chi connectivity index (χ0) is 9.80. The number of rotatable bonds is 5. The molecule has 0 bridgehead atoms. The van der Waals surface area contributed by atoms with Crippen LogP contribution in [0.5, 0.6) is 0 Å². The molecule has 0 amide bonds. The molecule has 0 spiro atoms. The highest BCUT2D eigenvalue weighted by atomic mass is 16.5. The zero-order valence-electron chi connectivity index (χ0n) is 8.42. The largest absolute Gasteiger partial charge is 0.339 e. The summed E-state index contributed by atoms with van der Waals surface area (Å²) < 4.78 is 5.12. The maximum absolute atomic E-state index is 5.12. The molecule has 1 heterocycles. The van der Waals surface area contributed by atoms with Crippen molar-refractivity contribution in [2.45, 2.75) is 25.7 Å². The van der Waals surface area contributed by atoms with E-state index in [0.717, 1.165) is 18.2 Å². The van der Waals surface area contributed by atoms with Crippen LogP contribution in [0.2, 0.25) is 0 Å². The van der Waals surface area contributed by atoms with E-state index in [0.29, 0.717) is 12.6 Å². The molecule has 78 valence electrons. The first-order valence-electron chi connectivity index (χ1n) is 5.09. The summed E-state index contributed by atoms with van der Waals surface area (Å²) in [5.74, 6) is 2.11. The van der Waals surface area contributed by atoms with Crippen LogP contribution in [0.15, 0.2) is 4.52 Å². The van der Waals surface area contributed by atoms with Crippen molar-refractivity contribution in [2.75, 3.05) is 19.0 Å². The van der Waals surface area contributed by atoms with Crippen LogP contribution in [-0.4, -0.2) is 23.9 Å². The van der Waals surface area contributed by atoms with Gasteiger partial charge >= 0.3 is 0 Å². The quantitative estimate of drug-likeness (QED) is 0.688. The fourth-order valence-electron chi connectivity index (χ4n) is 1.52. The van der Waals surface area contributed by atoms with Crippen molar-refractivity contribution in [1.82, 2.24) is 15.5 Å². The maximum atomic E-state index is 5.12. The van der Waals surface area contributed by atoms with Gasteiger partial charge in [-0.25, -0.2) is 0 Å². The van der Waals surface area contributed by atoms with E-state index in [1.807, 2.05) is 7.05 Å². The van der Waals surface area contributed by atoms with Gasteiger partial charge in [0.1, 0.15) is 0 Å². The van der Waals surface area contributed by atoms with Crippen LogP contribution in [-0.2, 0) is 6.42 Å². The summed E-state index contributed by atoms with van der Waals surface area (Å²) in [5, 5.41) is 9.78. The zero-order valence-corrected chi connectivity index (χ0v) is 8.42. The minimum Gasteiger partial charge on any atom is -0.339 e. The van der Waals surface area contributed by atoms with Crippen LogP contribution >= 0.6 is 0 Å². The van der Waals surface area contributed by atoms with E-state index in [9.17, 15) is 0 Å². The fraction of sp³-hybridized carbons (Fsp3) is 0.778. The molecule has 2 N–H and O–H groups in total. The number of hydrogen-bond acceptors (Lipinski definition) is 5. The molecule has 0 unspecified atom stereocenters. The average molecular weight is 196 g/mol. The first-order valence-corrected chi connectivity index (χ1v) is 5.09. The minimum atomic E-state index is 0.577. The van der Waals surface area contributed by atoms with Crippen molar-refractivity contribution in [3.05, 3.63) is 5.89 Å². The van der Waals surface area contributed by atoms with Gasteiger partial charge < -0.3 is 15.2 Å². The van der Waals surface area contributed by atoms with Crippen molar-refractivity contribution in [3.8, 4) is 0 Å². The van der Waals surface area contributed by atoms with Crippen LogP contribution in [0.25, 0.3) is 0 Å². The summed E-state index contributed by atoms with van der Waals surface area (Å²) in [5.41, 5.74) is 0. The molecule has 1 fully saturated rings. The summed E-state index contributed by atoms with van der Waals surface area (Å²) >= 11 is 0. The Bertz CT molecular complexity index is 282. The van der Waals surface area contributed by atoms with E-state index < -0.39 is 0 Å². The van der Waals surface area contributed by atoms with Crippen molar-refractivity contribution < 1.29 is 4.52 Å². The highest BCUT2D eigenvalue weighted by molar-refractivity contribution is 5.20. The van der Waals surface area contributed by atoms with Crippen LogP contribution in [0.1, 0.15) is 25.2 Å². The Kier molecular flexibility index (Phi) is 2.98. The third kappa shape index (κ3) is 2.23. The SMILES string of the molecule is CNCNc1noc(CC2CCC2)n1. The molecule has 0 aromatic carbocycles. The van der Waals surface area contributed by atoms with E-state index in [1.165, 1.54) is 19.3 Å². The highest BCUT2D eigenvalue weighted by Gasteiger charge is 2.20. The van der Waals surface area contributed by atoms with Gasteiger partial charge in [0.25, 0.3) is 5.95 Å². The first kappa shape index (κ1) is 9.45. The molecule has 1 aliphatic carbocycles. The molecule has 5 nitrogen and oxygen atoms in total. The van der Waals surface area contributed by atoms with Crippen molar-refractivity contribution in [1.29, 1.82) is 0 Å². The number of nitrogens with zero attached hydrogens (tertiary/aromatic N) is 2. The molecular formula is C9H16N4O. The normalized spacial score (nSPS) is 16.6. The van der Waals surface area contributed by atoms with Crippen molar-refractivity contribution in [3.63, 3.8) is 0 Å². The number of anilines is 1. The van der Waals surface area contributed by atoms with Gasteiger partial charge in [-0.15, -0.1) is 0 Å². The monoisotopic (exact) mass is 196 g/mol. The molecule has 0 atom stereocenters. The maximum Gasteiger partial charge on any atom is 0.264 e. The van der Waals surface area contributed by atoms with Crippen LogP contribution in [0.3, 0.4) is 0 Å². The topological polar surface area (TPSA) is 63.0 Å². The lowest BCUT2D eigenvalue weighted by Crippen LogP contribution is -2.17. The Balaban J connectivity index is 1.82. The third-order valence-corrected chi connectivity index (χ3v) is 2.58. The molecule has 1 aromatic rings. The molecule has 2 rings (SSSR count).